The van der Waals surface area contributed by atoms with Crippen molar-refractivity contribution in [1.82, 2.24) is 9.62 Å². The number of carbonyl (C=O) groups excluding carboxylic acids is 1. The zero-order valence-electron chi connectivity index (χ0n) is 12.2. The number of aliphatic hydroxyl groups is 1. The standard InChI is InChI=1S/C13H24N2O5S/c16-12-4-2-1-3-11(12)14-13(17)5-10-21(18,19)15-6-8-20-9-7-15/h11-12,16H,1-10H2,(H,14,17)/t11-,12-/m1/s1. The minimum Gasteiger partial charge on any atom is -0.391 e. The van der Waals surface area contributed by atoms with Crippen molar-refractivity contribution in [2.45, 2.75) is 44.2 Å². The second-order valence-corrected chi connectivity index (χ2v) is 7.69. The molecule has 21 heavy (non-hydrogen) atoms. The predicted octanol–water partition coefficient (Wildman–Crippen LogP) is -0.542. The van der Waals surface area contributed by atoms with Gasteiger partial charge in [-0.2, -0.15) is 4.31 Å². The van der Waals surface area contributed by atoms with Gasteiger partial charge >= 0.3 is 0 Å². The predicted molar refractivity (Wildman–Crippen MR) is 77.2 cm³/mol. The van der Waals surface area contributed by atoms with E-state index in [2.05, 4.69) is 5.32 Å². The van der Waals surface area contributed by atoms with Crippen molar-refractivity contribution in [3.8, 4) is 0 Å². The Morgan fingerprint density at radius 2 is 1.90 bits per heavy atom. The molecule has 1 aliphatic carbocycles. The monoisotopic (exact) mass is 320 g/mol. The van der Waals surface area contributed by atoms with Gasteiger partial charge in [0.05, 0.1) is 31.1 Å². The number of hydrogen-bond donors (Lipinski definition) is 2. The molecule has 0 unspecified atom stereocenters. The van der Waals surface area contributed by atoms with Gasteiger partial charge in [-0.05, 0) is 12.8 Å². The van der Waals surface area contributed by atoms with Gasteiger partial charge in [-0.15, -0.1) is 0 Å². The lowest BCUT2D eigenvalue weighted by atomic mass is 9.92. The molecule has 1 heterocycles. The molecule has 2 aliphatic rings. The Labute approximate surface area is 125 Å². The van der Waals surface area contributed by atoms with E-state index >= 15 is 0 Å². The molecule has 2 N–H and O–H groups in total. The summed E-state index contributed by atoms with van der Waals surface area (Å²) >= 11 is 0. The van der Waals surface area contributed by atoms with Crippen LogP contribution in [0.4, 0.5) is 0 Å². The Balaban J connectivity index is 1.77. The highest BCUT2D eigenvalue weighted by Gasteiger charge is 2.27. The molecule has 0 aromatic carbocycles. The summed E-state index contributed by atoms with van der Waals surface area (Å²) in [4.78, 5) is 11.9. The van der Waals surface area contributed by atoms with Crippen LogP contribution in [0, 0.1) is 0 Å². The number of ether oxygens (including phenoxy) is 1. The van der Waals surface area contributed by atoms with Crippen molar-refractivity contribution in [3.05, 3.63) is 0 Å². The fourth-order valence-corrected chi connectivity index (χ4v) is 4.14. The molecule has 0 spiro atoms. The first-order valence-corrected chi connectivity index (χ1v) is 9.13. The number of nitrogens with one attached hydrogen (secondary N) is 1. The van der Waals surface area contributed by atoms with Crippen LogP contribution in [0.1, 0.15) is 32.1 Å². The van der Waals surface area contributed by atoms with Crippen LogP contribution in [0.3, 0.4) is 0 Å². The van der Waals surface area contributed by atoms with E-state index in [4.69, 9.17) is 4.74 Å². The number of amides is 1. The van der Waals surface area contributed by atoms with E-state index in [0.717, 1.165) is 19.3 Å². The van der Waals surface area contributed by atoms with E-state index in [1.165, 1.54) is 4.31 Å². The molecule has 2 atom stereocenters. The number of nitrogens with zero attached hydrogens (tertiary/aromatic N) is 1. The fraction of sp³-hybridized carbons (Fsp3) is 0.923. The molecule has 0 aromatic heterocycles. The highest BCUT2D eigenvalue weighted by atomic mass is 32.2. The smallest absolute Gasteiger partial charge is 0.221 e. The van der Waals surface area contributed by atoms with Crippen LogP contribution in [-0.2, 0) is 19.6 Å². The summed E-state index contributed by atoms with van der Waals surface area (Å²) in [6.45, 7) is 1.51. The topological polar surface area (TPSA) is 95.9 Å². The van der Waals surface area contributed by atoms with Crippen molar-refractivity contribution in [2.24, 2.45) is 0 Å². The number of hydrogen-bond acceptors (Lipinski definition) is 5. The highest BCUT2D eigenvalue weighted by molar-refractivity contribution is 7.89. The summed E-state index contributed by atoms with van der Waals surface area (Å²) in [6, 6.07) is -0.239. The van der Waals surface area contributed by atoms with Crippen LogP contribution in [0.25, 0.3) is 0 Å². The van der Waals surface area contributed by atoms with Crippen LogP contribution in [0.2, 0.25) is 0 Å². The summed E-state index contributed by atoms with van der Waals surface area (Å²) < 4.78 is 30.7. The van der Waals surface area contributed by atoms with Crippen molar-refractivity contribution < 1.29 is 23.1 Å². The molecule has 122 valence electrons. The number of morpholine rings is 1. The average molecular weight is 320 g/mol. The third kappa shape index (κ3) is 4.91. The second kappa shape index (κ2) is 7.53. The normalized spacial score (nSPS) is 28.2. The van der Waals surface area contributed by atoms with Crippen LogP contribution in [0.15, 0.2) is 0 Å². The minimum atomic E-state index is -3.40. The van der Waals surface area contributed by atoms with Gasteiger partial charge < -0.3 is 15.2 Å². The molecule has 1 saturated carbocycles. The summed E-state index contributed by atoms with van der Waals surface area (Å²) in [5.74, 6) is -0.500. The molecule has 8 heteroatoms. The molecule has 1 aliphatic heterocycles. The molecular formula is C13H24N2O5S. The molecule has 2 fully saturated rings. The van der Waals surface area contributed by atoms with Gasteiger partial charge in [0.25, 0.3) is 0 Å². The van der Waals surface area contributed by atoms with E-state index in [9.17, 15) is 18.3 Å². The van der Waals surface area contributed by atoms with Crippen LogP contribution < -0.4 is 5.32 Å². The minimum absolute atomic E-state index is 0.0666. The van der Waals surface area contributed by atoms with Crippen LogP contribution in [0.5, 0.6) is 0 Å². The third-order valence-corrected chi connectivity index (χ3v) is 5.90. The number of carbonyl (C=O) groups is 1. The van der Waals surface area contributed by atoms with E-state index in [1.54, 1.807) is 0 Å². The fourth-order valence-electron chi connectivity index (χ4n) is 2.73. The molecule has 0 radical (unpaired) electrons. The third-order valence-electron chi connectivity index (χ3n) is 4.03. The zero-order chi connectivity index (χ0) is 15.3. The van der Waals surface area contributed by atoms with Crippen molar-refractivity contribution in [1.29, 1.82) is 0 Å². The van der Waals surface area contributed by atoms with Gasteiger partial charge in [-0.3, -0.25) is 4.79 Å². The Hall–Kier alpha value is -0.700. The Morgan fingerprint density at radius 3 is 2.57 bits per heavy atom. The largest absolute Gasteiger partial charge is 0.391 e. The van der Waals surface area contributed by atoms with Crippen molar-refractivity contribution in [3.63, 3.8) is 0 Å². The second-order valence-electron chi connectivity index (χ2n) is 5.60. The van der Waals surface area contributed by atoms with Gasteiger partial charge in [0.1, 0.15) is 0 Å². The van der Waals surface area contributed by atoms with Gasteiger partial charge in [-0.1, -0.05) is 12.8 Å². The number of aliphatic hydroxyl groups excluding tert-OH is 1. The van der Waals surface area contributed by atoms with Gasteiger partial charge in [-0.25, -0.2) is 8.42 Å². The number of rotatable bonds is 5. The highest BCUT2D eigenvalue weighted by Crippen LogP contribution is 2.18. The van der Waals surface area contributed by atoms with Gasteiger partial charge in [0, 0.05) is 19.5 Å². The Kier molecular flexibility index (Phi) is 5.98. The molecule has 2 rings (SSSR count). The maximum absolute atomic E-state index is 12.1. The maximum Gasteiger partial charge on any atom is 0.221 e. The Bertz CT molecular complexity index is 447. The zero-order valence-corrected chi connectivity index (χ0v) is 13.0. The van der Waals surface area contributed by atoms with Gasteiger partial charge in [0.2, 0.25) is 15.9 Å². The lowest BCUT2D eigenvalue weighted by Crippen LogP contribution is -2.46. The number of sulfonamides is 1. The molecule has 0 bridgehead atoms. The lowest BCUT2D eigenvalue weighted by molar-refractivity contribution is -0.122. The molecular weight excluding hydrogens is 296 g/mol. The molecule has 1 amide bonds. The quantitative estimate of drug-likeness (QED) is 0.709. The van der Waals surface area contributed by atoms with Crippen molar-refractivity contribution in [2.75, 3.05) is 32.1 Å². The summed E-state index contributed by atoms with van der Waals surface area (Å²) in [7, 11) is -3.40. The van der Waals surface area contributed by atoms with Crippen LogP contribution in [-0.4, -0.2) is 67.9 Å². The van der Waals surface area contributed by atoms with E-state index in [-0.39, 0.29) is 24.1 Å². The van der Waals surface area contributed by atoms with Crippen molar-refractivity contribution >= 4 is 15.9 Å². The summed E-state index contributed by atoms with van der Waals surface area (Å²) in [5, 5.41) is 12.5. The Morgan fingerprint density at radius 1 is 1.24 bits per heavy atom. The first-order valence-electron chi connectivity index (χ1n) is 7.52. The summed E-state index contributed by atoms with van der Waals surface area (Å²) in [6.07, 6.45) is 2.81. The van der Waals surface area contributed by atoms with Crippen LogP contribution >= 0.6 is 0 Å². The van der Waals surface area contributed by atoms with Gasteiger partial charge in [0.15, 0.2) is 0 Å². The summed E-state index contributed by atoms with van der Waals surface area (Å²) in [5.41, 5.74) is 0. The molecule has 1 saturated heterocycles. The van der Waals surface area contributed by atoms with E-state index < -0.39 is 16.1 Å². The van der Waals surface area contributed by atoms with E-state index in [1.807, 2.05) is 0 Å². The first kappa shape index (κ1) is 16.7. The SMILES string of the molecule is O=C(CCS(=O)(=O)N1CCOCC1)N[C@@H]1CCCC[C@H]1O. The lowest BCUT2D eigenvalue weighted by Gasteiger charge is -2.29. The molecule has 7 nitrogen and oxygen atoms in total. The maximum atomic E-state index is 12.1. The average Bonchev–Trinajstić information content (AvgIpc) is 2.49. The molecule has 0 aromatic rings. The van der Waals surface area contributed by atoms with E-state index in [0.29, 0.717) is 32.7 Å². The first-order chi connectivity index (χ1) is 9.99.